The number of rotatable bonds is 5. The summed E-state index contributed by atoms with van der Waals surface area (Å²) >= 11 is 0. The molecule has 0 spiro atoms. The van der Waals surface area contributed by atoms with Gasteiger partial charge in [0.1, 0.15) is 0 Å². The van der Waals surface area contributed by atoms with Crippen LogP contribution in [0.3, 0.4) is 0 Å². The van der Waals surface area contributed by atoms with E-state index in [1.165, 1.54) is 0 Å². The van der Waals surface area contributed by atoms with Crippen LogP contribution < -0.4 is 11.1 Å². The number of carbonyl (C=O) groups excluding carboxylic acids is 1. The topological polar surface area (TPSA) is 78.9 Å². The fourth-order valence-electron chi connectivity index (χ4n) is 1.01. The molecular formula is C9H17N3O. The summed E-state index contributed by atoms with van der Waals surface area (Å²) in [4.78, 5) is 10.9. The zero-order chi connectivity index (χ0) is 10.4. The van der Waals surface area contributed by atoms with E-state index in [4.69, 9.17) is 11.0 Å². The number of nitrogens with two attached hydrogens (primary N) is 1. The van der Waals surface area contributed by atoms with Gasteiger partial charge in [-0.05, 0) is 12.8 Å². The molecule has 3 N–H and O–H groups in total. The first-order valence-corrected chi connectivity index (χ1v) is 4.41. The molecule has 0 aromatic rings. The van der Waals surface area contributed by atoms with Crippen molar-refractivity contribution in [2.24, 2.45) is 17.6 Å². The molecule has 0 aliphatic rings. The Hall–Kier alpha value is -1.08. The van der Waals surface area contributed by atoms with Crippen molar-refractivity contribution in [3.05, 3.63) is 0 Å². The Balaban J connectivity index is 3.99. The summed E-state index contributed by atoms with van der Waals surface area (Å²) in [5.74, 6) is -0.302. The monoisotopic (exact) mass is 183 g/mol. The third-order valence-electron chi connectivity index (χ3n) is 1.84. The van der Waals surface area contributed by atoms with E-state index >= 15 is 0 Å². The summed E-state index contributed by atoms with van der Waals surface area (Å²) in [5, 5.41) is 11.5. The van der Waals surface area contributed by atoms with Gasteiger partial charge in [0.15, 0.2) is 0 Å². The van der Waals surface area contributed by atoms with Crippen LogP contribution in [0.15, 0.2) is 0 Å². The molecule has 4 nitrogen and oxygen atoms in total. The lowest BCUT2D eigenvalue weighted by Gasteiger charge is -2.19. The molecule has 0 aromatic carbocycles. The van der Waals surface area contributed by atoms with Gasteiger partial charge in [0.05, 0.1) is 18.0 Å². The van der Waals surface area contributed by atoms with Crippen LogP contribution in [0.5, 0.6) is 0 Å². The lowest BCUT2D eigenvalue weighted by molar-refractivity contribution is -0.121. The van der Waals surface area contributed by atoms with Crippen molar-refractivity contribution < 1.29 is 4.79 Å². The predicted octanol–water partition coefficient (Wildman–Crippen LogP) is 0.246. The van der Waals surface area contributed by atoms with Gasteiger partial charge in [-0.3, -0.25) is 4.79 Å². The zero-order valence-electron chi connectivity index (χ0n) is 8.37. The Bertz CT molecular complexity index is 207. The molecular weight excluding hydrogens is 166 g/mol. The first kappa shape index (κ1) is 11.9. The molecule has 0 saturated heterocycles. The van der Waals surface area contributed by atoms with E-state index in [1.807, 2.05) is 13.8 Å². The molecule has 0 saturated carbocycles. The number of hydrogen-bond donors (Lipinski definition) is 2. The molecule has 0 bridgehead atoms. The summed E-state index contributed by atoms with van der Waals surface area (Å²) in [5.41, 5.74) is 5.18. The Morgan fingerprint density at radius 2 is 2.08 bits per heavy atom. The molecule has 0 aromatic heterocycles. The Morgan fingerprint density at radius 1 is 1.54 bits per heavy atom. The summed E-state index contributed by atoms with van der Waals surface area (Å²) in [6.45, 7) is 6.13. The number of nitriles is 1. The second-order valence-electron chi connectivity index (χ2n) is 3.56. The van der Waals surface area contributed by atoms with Gasteiger partial charge in [-0.1, -0.05) is 13.8 Å². The van der Waals surface area contributed by atoms with Crippen LogP contribution in [0.2, 0.25) is 0 Å². The Kier molecular flexibility index (Phi) is 5.09. The van der Waals surface area contributed by atoms with Gasteiger partial charge in [0, 0.05) is 6.54 Å². The van der Waals surface area contributed by atoms with E-state index in [-0.39, 0.29) is 23.8 Å². The van der Waals surface area contributed by atoms with Crippen LogP contribution in [0.25, 0.3) is 0 Å². The summed E-state index contributed by atoms with van der Waals surface area (Å²) in [6.07, 6.45) is 0. The SMILES string of the molecule is CC(C#N)CNC(C(N)=O)C(C)C. The molecule has 2 unspecified atom stereocenters. The smallest absolute Gasteiger partial charge is 0.234 e. The average molecular weight is 183 g/mol. The molecule has 0 rings (SSSR count). The number of nitrogens with one attached hydrogen (secondary N) is 1. The van der Waals surface area contributed by atoms with Crippen molar-refractivity contribution in [2.45, 2.75) is 26.8 Å². The number of amides is 1. The maximum Gasteiger partial charge on any atom is 0.234 e. The molecule has 2 atom stereocenters. The van der Waals surface area contributed by atoms with Gasteiger partial charge in [-0.25, -0.2) is 0 Å². The minimum absolute atomic E-state index is 0.0967. The molecule has 0 aliphatic heterocycles. The molecule has 74 valence electrons. The van der Waals surface area contributed by atoms with Crippen LogP contribution in [-0.2, 0) is 4.79 Å². The maximum absolute atomic E-state index is 10.9. The van der Waals surface area contributed by atoms with E-state index in [2.05, 4.69) is 11.4 Å². The third-order valence-corrected chi connectivity index (χ3v) is 1.84. The third kappa shape index (κ3) is 4.48. The Labute approximate surface area is 79.1 Å². The summed E-state index contributed by atoms with van der Waals surface area (Å²) < 4.78 is 0. The number of carbonyl (C=O) groups is 1. The number of nitrogens with zero attached hydrogens (tertiary/aromatic N) is 1. The second-order valence-corrected chi connectivity index (χ2v) is 3.56. The molecule has 13 heavy (non-hydrogen) atoms. The lowest BCUT2D eigenvalue weighted by atomic mass is 10.0. The molecule has 0 radical (unpaired) electrons. The predicted molar refractivity (Wildman–Crippen MR) is 50.6 cm³/mol. The van der Waals surface area contributed by atoms with Gasteiger partial charge in [-0.2, -0.15) is 5.26 Å². The van der Waals surface area contributed by atoms with Crippen LogP contribution in [-0.4, -0.2) is 18.5 Å². The van der Waals surface area contributed by atoms with Crippen molar-refractivity contribution in [3.63, 3.8) is 0 Å². The van der Waals surface area contributed by atoms with Gasteiger partial charge >= 0.3 is 0 Å². The first-order valence-electron chi connectivity index (χ1n) is 4.41. The van der Waals surface area contributed by atoms with E-state index in [9.17, 15) is 4.79 Å². The second kappa shape index (κ2) is 5.55. The van der Waals surface area contributed by atoms with E-state index < -0.39 is 0 Å². The van der Waals surface area contributed by atoms with Crippen LogP contribution in [0.1, 0.15) is 20.8 Å². The fourth-order valence-corrected chi connectivity index (χ4v) is 1.01. The van der Waals surface area contributed by atoms with Gasteiger partial charge in [0.25, 0.3) is 0 Å². The normalized spacial score (nSPS) is 15.0. The minimum atomic E-state index is -0.361. The standard InChI is InChI=1S/C9H17N3O/c1-6(2)8(9(11)13)12-5-7(3)4-10/h6-8,12H,5H2,1-3H3,(H2,11,13). The van der Waals surface area contributed by atoms with E-state index in [0.717, 1.165) is 0 Å². The highest BCUT2D eigenvalue weighted by atomic mass is 16.1. The lowest BCUT2D eigenvalue weighted by Crippen LogP contribution is -2.46. The highest BCUT2D eigenvalue weighted by Crippen LogP contribution is 2.01. The average Bonchev–Trinajstić information content (AvgIpc) is 2.03. The van der Waals surface area contributed by atoms with Crippen molar-refractivity contribution in [3.8, 4) is 6.07 Å². The van der Waals surface area contributed by atoms with Crippen LogP contribution >= 0.6 is 0 Å². The maximum atomic E-state index is 10.9. The van der Waals surface area contributed by atoms with E-state index in [1.54, 1.807) is 6.92 Å². The largest absolute Gasteiger partial charge is 0.368 e. The first-order chi connectivity index (χ1) is 5.99. The minimum Gasteiger partial charge on any atom is -0.368 e. The van der Waals surface area contributed by atoms with Crippen LogP contribution in [0, 0.1) is 23.2 Å². The van der Waals surface area contributed by atoms with Crippen LogP contribution in [0.4, 0.5) is 0 Å². The molecule has 0 aliphatic carbocycles. The van der Waals surface area contributed by atoms with Crippen molar-refractivity contribution in [2.75, 3.05) is 6.54 Å². The molecule has 0 fully saturated rings. The molecule has 0 heterocycles. The zero-order valence-corrected chi connectivity index (χ0v) is 8.37. The van der Waals surface area contributed by atoms with E-state index in [0.29, 0.717) is 6.54 Å². The number of primary amides is 1. The quantitative estimate of drug-likeness (QED) is 0.641. The fraction of sp³-hybridized carbons (Fsp3) is 0.778. The van der Waals surface area contributed by atoms with Crippen molar-refractivity contribution >= 4 is 5.91 Å². The van der Waals surface area contributed by atoms with Gasteiger partial charge in [-0.15, -0.1) is 0 Å². The highest BCUT2D eigenvalue weighted by Gasteiger charge is 2.18. The summed E-state index contributed by atoms with van der Waals surface area (Å²) in [6, 6.07) is 1.75. The molecule has 4 heteroatoms. The van der Waals surface area contributed by atoms with Gasteiger partial charge in [0.2, 0.25) is 5.91 Å². The summed E-state index contributed by atoms with van der Waals surface area (Å²) in [7, 11) is 0. The Morgan fingerprint density at radius 3 is 2.38 bits per heavy atom. The highest BCUT2D eigenvalue weighted by molar-refractivity contribution is 5.80. The van der Waals surface area contributed by atoms with Gasteiger partial charge < -0.3 is 11.1 Å². The molecule has 1 amide bonds. The van der Waals surface area contributed by atoms with Crippen molar-refractivity contribution in [1.29, 1.82) is 5.26 Å². The number of hydrogen-bond acceptors (Lipinski definition) is 3. The van der Waals surface area contributed by atoms with Crippen molar-refractivity contribution in [1.82, 2.24) is 5.32 Å².